The Morgan fingerprint density at radius 2 is 2.25 bits per heavy atom. The van der Waals surface area contributed by atoms with Crippen molar-refractivity contribution in [3.8, 4) is 0 Å². The Bertz CT molecular complexity index is 57.1. The first kappa shape index (κ1) is 2.02. The van der Waals surface area contributed by atoms with Gasteiger partial charge in [0.05, 0.1) is 10.2 Å². The van der Waals surface area contributed by atoms with Crippen molar-refractivity contribution in [1.82, 2.24) is 0 Å². The monoisotopic (exact) mass is 72.0 g/mol. The fraction of sp³-hybridized carbons (Fsp3) is 0. The minimum absolute atomic E-state index is 1.10. The molecular formula is C2H4OSi. The van der Waals surface area contributed by atoms with Crippen LogP contribution >= 0.6 is 0 Å². The smallest absolute Gasteiger partial charge is 0.122 e. The SMILES string of the molecule is [SiH3]C1=CO1. The Labute approximate surface area is 27.7 Å². The maximum absolute atomic E-state index is 4.56. The first-order valence-corrected chi connectivity index (χ1v) is 2.23. The minimum atomic E-state index is 1.10. The van der Waals surface area contributed by atoms with Gasteiger partial charge in [0.15, 0.2) is 0 Å². The molecule has 0 fully saturated rings. The molecule has 2 heteroatoms. The molecule has 0 saturated heterocycles. The molecule has 0 spiro atoms. The Balaban J connectivity index is 2.54. The second kappa shape index (κ2) is 0.376. The highest BCUT2D eigenvalue weighted by molar-refractivity contribution is 6.21. The van der Waals surface area contributed by atoms with Gasteiger partial charge in [-0.3, -0.25) is 0 Å². The van der Waals surface area contributed by atoms with E-state index in [1.54, 1.807) is 6.26 Å². The van der Waals surface area contributed by atoms with Crippen LogP contribution in [0.1, 0.15) is 0 Å². The summed E-state index contributed by atoms with van der Waals surface area (Å²) in [6, 6.07) is 0. The van der Waals surface area contributed by atoms with E-state index in [0.29, 0.717) is 0 Å². The van der Waals surface area contributed by atoms with Crippen LogP contribution in [-0.4, -0.2) is 10.2 Å². The quantitative estimate of drug-likeness (QED) is 0.341. The van der Waals surface area contributed by atoms with Crippen LogP contribution in [0.5, 0.6) is 0 Å². The van der Waals surface area contributed by atoms with E-state index in [2.05, 4.69) is 4.74 Å². The Hall–Kier alpha value is -0.243. The molecule has 4 heavy (non-hydrogen) atoms. The van der Waals surface area contributed by atoms with Crippen LogP contribution in [0.2, 0.25) is 0 Å². The molecule has 0 bridgehead atoms. The van der Waals surface area contributed by atoms with Gasteiger partial charge in [0, 0.05) is 0 Å². The topological polar surface area (TPSA) is 12.5 Å². The fourth-order valence-electron chi connectivity index (χ4n) is 0.0589. The zero-order valence-corrected chi connectivity index (χ0v) is 4.49. The molecule has 0 N–H and O–H groups in total. The number of ether oxygens (including phenoxy) is 1. The van der Waals surface area contributed by atoms with Gasteiger partial charge in [0.25, 0.3) is 0 Å². The molecule has 0 amide bonds. The van der Waals surface area contributed by atoms with Crippen molar-refractivity contribution in [3.05, 3.63) is 11.6 Å². The molecule has 1 aliphatic heterocycles. The van der Waals surface area contributed by atoms with Crippen LogP contribution in [0.3, 0.4) is 0 Å². The third-order valence-corrected chi connectivity index (χ3v) is 0.825. The molecule has 0 unspecified atom stereocenters. The fourth-order valence-corrected chi connectivity index (χ4v) is 0.177. The highest BCUT2D eigenvalue weighted by Crippen LogP contribution is 2.04. The summed E-state index contributed by atoms with van der Waals surface area (Å²) >= 11 is 0. The van der Waals surface area contributed by atoms with Crippen molar-refractivity contribution >= 4 is 10.2 Å². The summed E-state index contributed by atoms with van der Waals surface area (Å²) in [7, 11) is 1.10. The van der Waals surface area contributed by atoms with Crippen molar-refractivity contribution in [3.63, 3.8) is 0 Å². The standard InChI is InChI=1S/C2H4OSi/c4-2-1-3-2/h1H,4H3. The minimum Gasteiger partial charge on any atom is -0.469 e. The third-order valence-electron chi connectivity index (χ3n) is 0.354. The molecule has 1 nitrogen and oxygen atoms in total. The molecule has 0 atom stereocenters. The summed E-state index contributed by atoms with van der Waals surface area (Å²) in [5.41, 5.74) is 0. The van der Waals surface area contributed by atoms with E-state index in [9.17, 15) is 0 Å². The maximum Gasteiger partial charge on any atom is 0.122 e. The zero-order valence-electron chi connectivity index (χ0n) is 2.49. The van der Waals surface area contributed by atoms with E-state index in [1.165, 1.54) is 5.38 Å². The highest BCUT2D eigenvalue weighted by Gasteiger charge is 1.95. The summed E-state index contributed by atoms with van der Waals surface area (Å²) < 4.78 is 4.56. The number of hydrogen-bond donors (Lipinski definition) is 0. The molecule has 0 aromatic heterocycles. The molecule has 1 aliphatic rings. The van der Waals surface area contributed by atoms with Crippen molar-refractivity contribution < 1.29 is 4.74 Å². The summed E-state index contributed by atoms with van der Waals surface area (Å²) in [5, 5.41) is 1.18. The van der Waals surface area contributed by atoms with Crippen LogP contribution in [0, 0.1) is 0 Å². The van der Waals surface area contributed by atoms with Gasteiger partial charge in [-0.15, -0.1) is 0 Å². The second-order valence-corrected chi connectivity index (χ2v) is 1.83. The van der Waals surface area contributed by atoms with Crippen molar-refractivity contribution in [2.24, 2.45) is 0 Å². The number of rotatable bonds is 0. The molecule has 0 aromatic rings. The summed E-state index contributed by atoms with van der Waals surface area (Å²) in [5.74, 6) is 0. The largest absolute Gasteiger partial charge is 0.469 e. The second-order valence-electron chi connectivity index (χ2n) is 0.846. The lowest BCUT2D eigenvalue weighted by Gasteiger charge is -1.53. The van der Waals surface area contributed by atoms with E-state index in [4.69, 9.17) is 0 Å². The van der Waals surface area contributed by atoms with Crippen LogP contribution < -0.4 is 0 Å². The number of hydrogen-bond acceptors (Lipinski definition) is 1. The molecule has 1 rings (SSSR count). The normalized spacial score (nSPS) is 18.5. The van der Waals surface area contributed by atoms with E-state index in [-0.39, 0.29) is 0 Å². The van der Waals surface area contributed by atoms with E-state index in [0.717, 1.165) is 10.2 Å². The predicted octanol–water partition coefficient (Wildman–Crippen LogP) is -0.819. The van der Waals surface area contributed by atoms with Gasteiger partial charge in [-0.2, -0.15) is 0 Å². The summed E-state index contributed by atoms with van der Waals surface area (Å²) in [6.07, 6.45) is 1.77. The lowest BCUT2D eigenvalue weighted by molar-refractivity contribution is 0.528. The van der Waals surface area contributed by atoms with E-state index in [1.807, 2.05) is 0 Å². The Kier molecular flexibility index (Phi) is 0.190. The molecule has 22 valence electrons. The molecule has 0 saturated carbocycles. The summed E-state index contributed by atoms with van der Waals surface area (Å²) in [4.78, 5) is 0. The first-order valence-electron chi connectivity index (χ1n) is 1.23. The van der Waals surface area contributed by atoms with Crippen LogP contribution in [0.15, 0.2) is 11.6 Å². The van der Waals surface area contributed by atoms with Crippen LogP contribution in [-0.2, 0) is 4.74 Å². The van der Waals surface area contributed by atoms with E-state index >= 15 is 0 Å². The average Bonchev–Trinajstić information content (AvgIpc) is 1.75. The van der Waals surface area contributed by atoms with Gasteiger partial charge < -0.3 is 4.74 Å². The van der Waals surface area contributed by atoms with Gasteiger partial charge in [-0.1, -0.05) is 0 Å². The third kappa shape index (κ3) is 0.132. The van der Waals surface area contributed by atoms with Crippen molar-refractivity contribution in [2.75, 3.05) is 0 Å². The molecule has 0 aliphatic carbocycles. The average molecular weight is 72.1 g/mol. The van der Waals surface area contributed by atoms with Gasteiger partial charge in [-0.25, -0.2) is 0 Å². The van der Waals surface area contributed by atoms with Crippen molar-refractivity contribution in [1.29, 1.82) is 0 Å². The highest BCUT2D eigenvalue weighted by atomic mass is 28.1. The molecule has 1 heterocycles. The molecule has 0 aromatic carbocycles. The van der Waals surface area contributed by atoms with Gasteiger partial charge in [0.2, 0.25) is 0 Å². The molecule has 0 radical (unpaired) electrons. The Morgan fingerprint density at radius 3 is 2.25 bits per heavy atom. The lowest BCUT2D eigenvalue weighted by Crippen LogP contribution is -1.47. The lowest BCUT2D eigenvalue weighted by atomic mass is 11.3. The summed E-state index contributed by atoms with van der Waals surface area (Å²) in [6.45, 7) is 0. The first-order chi connectivity index (χ1) is 1.89. The van der Waals surface area contributed by atoms with Crippen molar-refractivity contribution in [2.45, 2.75) is 0 Å². The predicted molar refractivity (Wildman–Crippen MR) is 19.1 cm³/mol. The van der Waals surface area contributed by atoms with E-state index < -0.39 is 0 Å². The Morgan fingerprint density at radius 1 is 2.00 bits per heavy atom. The zero-order chi connectivity index (χ0) is 2.99. The van der Waals surface area contributed by atoms with Crippen LogP contribution in [0.25, 0.3) is 0 Å². The maximum atomic E-state index is 4.56. The van der Waals surface area contributed by atoms with Gasteiger partial charge in [0.1, 0.15) is 11.6 Å². The molecular weight excluding hydrogens is 68.1 g/mol. The van der Waals surface area contributed by atoms with Gasteiger partial charge in [-0.05, 0) is 0 Å². The van der Waals surface area contributed by atoms with Crippen LogP contribution in [0.4, 0.5) is 0 Å². The van der Waals surface area contributed by atoms with Gasteiger partial charge >= 0.3 is 0 Å².